The first kappa shape index (κ1) is 19.2. The largest absolute Gasteiger partial charge is 0.444 e. The number of nitrogens with zero attached hydrogens (tertiary/aromatic N) is 3. The highest BCUT2D eigenvalue weighted by atomic mass is 127. The molecule has 116 valence electrons. The van der Waals surface area contributed by atoms with Gasteiger partial charge in [0.1, 0.15) is 5.76 Å². The van der Waals surface area contributed by atoms with E-state index < -0.39 is 0 Å². The first-order chi connectivity index (χ1) is 9.06. The number of oxazole rings is 1. The number of hydrogen-bond acceptors (Lipinski definition) is 4. The topological polar surface area (TPSA) is 65.7 Å². The van der Waals surface area contributed by atoms with Crippen LogP contribution in [0.2, 0.25) is 0 Å². The minimum atomic E-state index is 0. The Morgan fingerprint density at radius 1 is 1.35 bits per heavy atom. The normalized spacial score (nSPS) is 11.4. The van der Waals surface area contributed by atoms with Crippen LogP contribution in [0.25, 0.3) is 0 Å². The molecule has 0 aliphatic rings. The first-order valence-electron chi connectivity index (χ1n) is 6.62. The molecule has 0 bridgehead atoms. The maximum atomic E-state index is 5.50. The van der Waals surface area contributed by atoms with Crippen LogP contribution in [-0.4, -0.2) is 49.6 Å². The van der Waals surface area contributed by atoms with Crippen molar-refractivity contribution in [2.24, 2.45) is 4.99 Å². The van der Waals surface area contributed by atoms with Gasteiger partial charge in [-0.25, -0.2) is 4.98 Å². The van der Waals surface area contributed by atoms with E-state index in [2.05, 4.69) is 39.5 Å². The van der Waals surface area contributed by atoms with Crippen molar-refractivity contribution < 1.29 is 4.42 Å². The monoisotopic (exact) mass is 395 g/mol. The Morgan fingerprint density at radius 2 is 2.05 bits per heavy atom. The molecule has 0 fully saturated rings. The van der Waals surface area contributed by atoms with E-state index >= 15 is 0 Å². The maximum absolute atomic E-state index is 5.50. The third-order valence-electron chi connectivity index (χ3n) is 3.03. The van der Waals surface area contributed by atoms with Crippen LogP contribution in [0.3, 0.4) is 0 Å². The molecule has 0 aliphatic heterocycles. The van der Waals surface area contributed by atoms with E-state index in [0.29, 0.717) is 12.4 Å². The summed E-state index contributed by atoms with van der Waals surface area (Å²) in [6.45, 7) is 9.42. The highest BCUT2D eigenvalue weighted by Crippen LogP contribution is 2.07. The molecule has 1 aromatic rings. The van der Waals surface area contributed by atoms with Gasteiger partial charge >= 0.3 is 0 Å². The van der Waals surface area contributed by atoms with Crippen LogP contribution >= 0.6 is 24.0 Å². The average Bonchev–Trinajstić information content (AvgIpc) is 2.72. The fraction of sp³-hybridized carbons (Fsp3) is 0.692. The average molecular weight is 395 g/mol. The van der Waals surface area contributed by atoms with Gasteiger partial charge in [-0.15, -0.1) is 24.0 Å². The second-order valence-electron chi connectivity index (χ2n) is 4.50. The molecule has 6 nitrogen and oxygen atoms in total. The predicted octanol–water partition coefficient (Wildman–Crippen LogP) is 1.53. The van der Waals surface area contributed by atoms with Gasteiger partial charge in [0.25, 0.3) is 0 Å². The van der Waals surface area contributed by atoms with Crippen LogP contribution in [0.4, 0.5) is 0 Å². The number of aliphatic imine (C=N–C) groups is 1. The summed E-state index contributed by atoms with van der Waals surface area (Å²) >= 11 is 0. The van der Waals surface area contributed by atoms with Crippen molar-refractivity contribution in [3.63, 3.8) is 0 Å². The lowest BCUT2D eigenvalue weighted by atomic mass is 10.4. The Morgan fingerprint density at radius 3 is 2.55 bits per heavy atom. The summed E-state index contributed by atoms with van der Waals surface area (Å²) in [6.07, 6.45) is 0. The van der Waals surface area contributed by atoms with Crippen LogP contribution in [0, 0.1) is 13.8 Å². The summed E-state index contributed by atoms with van der Waals surface area (Å²) < 4.78 is 5.50. The van der Waals surface area contributed by atoms with Crippen molar-refractivity contribution in [2.45, 2.75) is 27.3 Å². The zero-order valence-corrected chi connectivity index (χ0v) is 15.3. The van der Waals surface area contributed by atoms with Gasteiger partial charge in [-0.05, 0) is 27.4 Å². The number of guanidine groups is 1. The SMILES string of the molecule is CCN(C)CCNC(=NC)NCc1nc(C)c(C)o1.I. The van der Waals surface area contributed by atoms with E-state index in [-0.39, 0.29) is 24.0 Å². The van der Waals surface area contributed by atoms with Crippen molar-refractivity contribution in [3.8, 4) is 0 Å². The quantitative estimate of drug-likeness (QED) is 0.435. The van der Waals surface area contributed by atoms with Crippen LogP contribution < -0.4 is 10.6 Å². The van der Waals surface area contributed by atoms with Gasteiger partial charge in [-0.1, -0.05) is 6.92 Å². The zero-order valence-electron chi connectivity index (χ0n) is 13.0. The molecule has 7 heteroatoms. The van der Waals surface area contributed by atoms with Gasteiger partial charge in [-0.3, -0.25) is 4.99 Å². The van der Waals surface area contributed by atoms with Gasteiger partial charge in [0.05, 0.1) is 12.2 Å². The van der Waals surface area contributed by atoms with Gasteiger partial charge in [0, 0.05) is 20.1 Å². The van der Waals surface area contributed by atoms with Crippen molar-refractivity contribution in [1.29, 1.82) is 0 Å². The van der Waals surface area contributed by atoms with Crippen molar-refractivity contribution in [2.75, 3.05) is 33.7 Å². The lowest BCUT2D eigenvalue weighted by Gasteiger charge is -2.15. The number of halogens is 1. The molecule has 20 heavy (non-hydrogen) atoms. The Bertz CT molecular complexity index is 399. The minimum Gasteiger partial charge on any atom is -0.444 e. The zero-order chi connectivity index (χ0) is 14.3. The molecule has 0 saturated carbocycles. The van der Waals surface area contributed by atoms with Crippen molar-refractivity contribution >= 4 is 29.9 Å². The Balaban J connectivity index is 0.00000361. The predicted molar refractivity (Wildman–Crippen MR) is 92.8 cm³/mol. The number of hydrogen-bond donors (Lipinski definition) is 2. The minimum absolute atomic E-state index is 0. The van der Waals surface area contributed by atoms with Gasteiger partial charge in [-0.2, -0.15) is 0 Å². The van der Waals surface area contributed by atoms with Gasteiger partial charge in [0.15, 0.2) is 5.96 Å². The van der Waals surface area contributed by atoms with Gasteiger partial charge < -0.3 is 20.0 Å². The number of rotatable bonds is 6. The second-order valence-corrected chi connectivity index (χ2v) is 4.50. The van der Waals surface area contributed by atoms with E-state index in [1.54, 1.807) is 7.05 Å². The summed E-state index contributed by atoms with van der Waals surface area (Å²) in [5.74, 6) is 2.31. The molecule has 1 heterocycles. The maximum Gasteiger partial charge on any atom is 0.214 e. The fourth-order valence-corrected chi connectivity index (χ4v) is 1.52. The lowest BCUT2D eigenvalue weighted by molar-refractivity contribution is 0.357. The number of aryl methyl sites for hydroxylation is 2. The molecule has 0 amide bonds. The molecule has 0 unspecified atom stereocenters. The van der Waals surface area contributed by atoms with E-state index in [9.17, 15) is 0 Å². The highest BCUT2D eigenvalue weighted by Gasteiger charge is 2.06. The molecule has 0 spiro atoms. The summed E-state index contributed by atoms with van der Waals surface area (Å²) in [7, 11) is 3.85. The standard InChI is InChI=1S/C13H25N5O.HI/c1-6-18(5)8-7-15-13(14-4)16-9-12-17-10(2)11(3)19-12;/h6-9H2,1-5H3,(H2,14,15,16);1H. The molecule has 0 radical (unpaired) electrons. The van der Waals surface area contributed by atoms with E-state index in [4.69, 9.17) is 4.42 Å². The number of nitrogens with one attached hydrogen (secondary N) is 2. The van der Waals surface area contributed by atoms with Crippen LogP contribution in [0.15, 0.2) is 9.41 Å². The molecule has 0 atom stereocenters. The van der Waals surface area contributed by atoms with Crippen LogP contribution in [0.5, 0.6) is 0 Å². The van der Waals surface area contributed by atoms with Crippen molar-refractivity contribution in [1.82, 2.24) is 20.5 Å². The smallest absolute Gasteiger partial charge is 0.214 e. The molecule has 0 aliphatic carbocycles. The van der Waals surface area contributed by atoms with E-state index in [1.165, 1.54) is 0 Å². The fourth-order valence-electron chi connectivity index (χ4n) is 1.52. The van der Waals surface area contributed by atoms with E-state index in [1.807, 2.05) is 13.8 Å². The summed E-state index contributed by atoms with van der Waals surface area (Å²) in [6, 6.07) is 0. The summed E-state index contributed by atoms with van der Waals surface area (Å²) in [5, 5.41) is 6.44. The third kappa shape index (κ3) is 6.56. The second kappa shape index (κ2) is 9.98. The summed E-state index contributed by atoms with van der Waals surface area (Å²) in [4.78, 5) is 10.7. The third-order valence-corrected chi connectivity index (χ3v) is 3.03. The molecule has 2 N–H and O–H groups in total. The Hall–Kier alpha value is -0.830. The van der Waals surface area contributed by atoms with Crippen molar-refractivity contribution in [3.05, 3.63) is 17.3 Å². The molecule has 1 aromatic heterocycles. The number of likely N-dealkylation sites (N-methyl/N-ethyl adjacent to an activating group) is 1. The van der Waals surface area contributed by atoms with Gasteiger partial charge in [0.2, 0.25) is 5.89 Å². The lowest BCUT2D eigenvalue weighted by Crippen LogP contribution is -2.40. The van der Waals surface area contributed by atoms with E-state index in [0.717, 1.165) is 37.0 Å². The molecule has 0 saturated heterocycles. The van der Waals surface area contributed by atoms with Crippen LogP contribution in [-0.2, 0) is 6.54 Å². The highest BCUT2D eigenvalue weighted by molar-refractivity contribution is 14.0. The Labute approximate surface area is 138 Å². The molecular formula is C13H26IN5O. The molecule has 0 aromatic carbocycles. The Kier molecular flexibility index (Phi) is 9.56. The summed E-state index contributed by atoms with van der Waals surface area (Å²) in [5.41, 5.74) is 0.935. The number of aromatic nitrogens is 1. The molecular weight excluding hydrogens is 369 g/mol. The van der Waals surface area contributed by atoms with Crippen LogP contribution in [0.1, 0.15) is 24.3 Å². The first-order valence-corrected chi connectivity index (χ1v) is 6.62. The molecule has 1 rings (SSSR count).